The van der Waals surface area contributed by atoms with Gasteiger partial charge in [0.05, 0.1) is 13.7 Å². The van der Waals surface area contributed by atoms with Crippen LogP contribution in [-0.4, -0.2) is 55.5 Å². The molecule has 1 atom stereocenters. The number of hydrogen-bond acceptors (Lipinski definition) is 4. The smallest absolute Gasteiger partial charge is 0.407 e. The van der Waals surface area contributed by atoms with Gasteiger partial charge in [-0.05, 0) is 25.0 Å². The number of methoxy groups -OCH3 is 1. The first-order chi connectivity index (χ1) is 10.1. The molecular formula is C15H22N2O4. The van der Waals surface area contributed by atoms with E-state index in [0.717, 1.165) is 23.5 Å². The molecule has 2 rings (SSSR count). The van der Waals surface area contributed by atoms with E-state index in [2.05, 4.69) is 5.32 Å². The van der Waals surface area contributed by atoms with Crippen LogP contribution in [0.1, 0.15) is 12.0 Å². The molecular weight excluding hydrogens is 272 g/mol. The Balaban J connectivity index is 1.82. The van der Waals surface area contributed by atoms with Crippen molar-refractivity contribution in [3.63, 3.8) is 0 Å². The molecule has 6 heteroatoms. The zero-order chi connectivity index (χ0) is 15.2. The van der Waals surface area contributed by atoms with Crippen LogP contribution in [0.2, 0.25) is 0 Å². The second-order valence-electron chi connectivity index (χ2n) is 5.15. The van der Waals surface area contributed by atoms with E-state index >= 15 is 0 Å². The van der Waals surface area contributed by atoms with Gasteiger partial charge in [0.1, 0.15) is 11.5 Å². The number of nitrogens with one attached hydrogen (secondary N) is 1. The van der Waals surface area contributed by atoms with E-state index < -0.39 is 6.09 Å². The van der Waals surface area contributed by atoms with Gasteiger partial charge < -0.3 is 24.8 Å². The Kier molecular flexibility index (Phi) is 5.27. The summed E-state index contributed by atoms with van der Waals surface area (Å²) >= 11 is 0. The van der Waals surface area contributed by atoms with Gasteiger partial charge in [0, 0.05) is 31.7 Å². The maximum atomic E-state index is 11.0. The Morgan fingerprint density at radius 2 is 2.33 bits per heavy atom. The zero-order valence-electron chi connectivity index (χ0n) is 12.5. The highest BCUT2D eigenvalue weighted by atomic mass is 16.5. The second-order valence-corrected chi connectivity index (χ2v) is 5.15. The number of aryl methyl sites for hydroxylation is 1. The van der Waals surface area contributed by atoms with Crippen LogP contribution in [-0.2, 0) is 0 Å². The number of hydrogen-bond donors (Lipinski definition) is 2. The Morgan fingerprint density at radius 3 is 3.05 bits per heavy atom. The monoisotopic (exact) mass is 294 g/mol. The molecule has 0 bridgehead atoms. The predicted molar refractivity (Wildman–Crippen MR) is 79.2 cm³/mol. The van der Waals surface area contributed by atoms with Gasteiger partial charge in [-0.25, -0.2) is 4.79 Å². The van der Waals surface area contributed by atoms with E-state index in [0.29, 0.717) is 26.2 Å². The molecule has 1 aliphatic rings. The summed E-state index contributed by atoms with van der Waals surface area (Å²) in [4.78, 5) is 12.4. The molecule has 1 amide bonds. The second kappa shape index (κ2) is 7.17. The van der Waals surface area contributed by atoms with Gasteiger partial charge in [-0.15, -0.1) is 0 Å². The average Bonchev–Trinajstić information content (AvgIpc) is 2.49. The summed E-state index contributed by atoms with van der Waals surface area (Å²) in [5, 5.41) is 12.3. The van der Waals surface area contributed by atoms with E-state index in [-0.39, 0.29) is 6.04 Å². The fourth-order valence-electron chi connectivity index (χ4n) is 2.37. The number of carboxylic acid groups (broad SMARTS) is 1. The van der Waals surface area contributed by atoms with E-state index in [1.807, 2.05) is 25.1 Å². The van der Waals surface area contributed by atoms with Crippen LogP contribution in [0.15, 0.2) is 18.2 Å². The van der Waals surface area contributed by atoms with Crippen LogP contribution in [0.3, 0.4) is 0 Å². The third-order valence-corrected chi connectivity index (χ3v) is 3.65. The Morgan fingerprint density at radius 1 is 1.52 bits per heavy atom. The Bertz CT molecular complexity index is 493. The van der Waals surface area contributed by atoms with Crippen molar-refractivity contribution in [1.82, 2.24) is 10.2 Å². The fraction of sp³-hybridized carbons (Fsp3) is 0.533. The summed E-state index contributed by atoms with van der Waals surface area (Å²) in [7, 11) is 1.63. The molecule has 1 heterocycles. The number of carbonyl (C=O) groups is 1. The van der Waals surface area contributed by atoms with Crippen molar-refractivity contribution in [3.8, 4) is 11.5 Å². The van der Waals surface area contributed by atoms with Crippen molar-refractivity contribution in [3.05, 3.63) is 23.8 Å². The Hall–Kier alpha value is -1.95. The van der Waals surface area contributed by atoms with Crippen LogP contribution in [0.5, 0.6) is 11.5 Å². The number of benzene rings is 1. The van der Waals surface area contributed by atoms with Gasteiger partial charge in [-0.3, -0.25) is 0 Å². The van der Waals surface area contributed by atoms with Gasteiger partial charge in [0.15, 0.2) is 0 Å². The standard InChI is InChI=1S/C15H22N2O4/c1-11-3-4-13(20-2)9-14(11)21-8-5-12-10-17(15(18)19)7-6-16-12/h3-4,9,12,16H,5-8,10H2,1-2H3,(H,18,19). The number of amides is 1. The first-order valence-electron chi connectivity index (χ1n) is 7.09. The maximum Gasteiger partial charge on any atom is 0.407 e. The van der Waals surface area contributed by atoms with Crippen LogP contribution in [0.25, 0.3) is 0 Å². The minimum atomic E-state index is -0.856. The Labute approximate surface area is 124 Å². The summed E-state index contributed by atoms with van der Waals surface area (Å²) in [6.45, 7) is 4.27. The number of ether oxygens (including phenoxy) is 2. The molecule has 0 aliphatic carbocycles. The van der Waals surface area contributed by atoms with Crippen molar-refractivity contribution in [1.29, 1.82) is 0 Å². The highest BCUT2D eigenvalue weighted by molar-refractivity contribution is 5.65. The van der Waals surface area contributed by atoms with Crippen molar-refractivity contribution in [2.24, 2.45) is 0 Å². The lowest BCUT2D eigenvalue weighted by Crippen LogP contribution is -2.52. The van der Waals surface area contributed by atoms with Gasteiger partial charge >= 0.3 is 6.09 Å². The molecule has 0 saturated carbocycles. The summed E-state index contributed by atoms with van der Waals surface area (Å²) in [6.07, 6.45) is -0.0912. The van der Waals surface area contributed by atoms with Gasteiger partial charge in [0.25, 0.3) is 0 Å². The molecule has 1 saturated heterocycles. The summed E-state index contributed by atoms with van der Waals surface area (Å²) in [5.74, 6) is 1.57. The lowest BCUT2D eigenvalue weighted by molar-refractivity contribution is 0.124. The molecule has 116 valence electrons. The van der Waals surface area contributed by atoms with E-state index in [1.165, 1.54) is 4.90 Å². The normalized spacial score (nSPS) is 18.4. The van der Waals surface area contributed by atoms with Crippen LogP contribution in [0, 0.1) is 6.92 Å². The maximum absolute atomic E-state index is 11.0. The number of piperazine rings is 1. The molecule has 0 radical (unpaired) electrons. The van der Waals surface area contributed by atoms with E-state index in [9.17, 15) is 4.79 Å². The van der Waals surface area contributed by atoms with Crippen LogP contribution in [0.4, 0.5) is 4.79 Å². The topological polar surface area (TPSA) is 71.0 Å². The minimum absolute atomic E-state index is 0.140. The molecule has 1 aromatic rings. The van der Waals surface area contributed by atoms with Gasteiger partial charge in [0.2, 0.25) is 0 Å². The van der Waals surface area contributed by atoms with Gasteiger partial charge in [-0.1, -0.05) is 6.07 Å². The van der Waals surface area contributed by atoms with E-state index in [1.54, 1.807) is 7.11 Å². The highest BCUT2D eigenvalue weighted by Gasteiger charge is 2.22. The van der Waals surface area contributed by atoms with E-state index in [4.69, 9.17) is 14.6 Å². The number of nitrogens with zero attached hydrogens (tertiary/aromatic N) is 1. The van der Waals surface area contributed by atoms with Crippen molar-refractivity contribution < 1.29 is 19.4 Å². The predicted octanol–water partition coefficient (Wildman–Crippen LogP) is 1.72. The van der Waals surface area contributed by atoms with Crippen LogP contribution < -0.4 is 14.8 Å². The highest BCUT2D eigenvalue weighted by Crippen LogP contribution is 2.24. The first kappa shape index (κ1) is 15.4. The molecule has 0 spiro atoms. The molecule has 1 aliphatic heterocycles. The lowest BCUT2D eigenvalue weighted by atomic mass is 10.1. The largest absolute Gasteiger partial charge is 0.497 e. The van der Waals surface area contributed by atoms with Gasteiger partial charge in [-0.2, -0.15) is 0 Å². The quantitative estimate of drug-likeness (QED) is 0.865. The number of rotatable bonds is 5. The minimum Gasteiger partial charge on any atom is -0.497 e. The molecule has 6 nitrogen and oxygen atoms in total. The summed E-state index contributed by atoms with van der Waals surface area (Å²) < 4.78 is 11.0. The molecule has 1 unspecified atom stereocenters. The first-order valence-corrected chi connectivity index (χ1v) is 7.09. The van der Waals surface area contributed by atoms with Crippen molar-refractivity contribution in [2.75, 3.05) is 33.4 Å². The third kappa shape index (κ3) is 4.26. The molecule has 2 N–H and O–H groups in total. The third-order valence-electron chi connectivity index (χ3n) is 3.65. The lowest BCUT2D eigenvalue weighted by Gasteiger charge is -2.31. The molecule has 0 aromatic heterocycles. The summed E-state index contributed by atoms with van der Waals surface area (Å²) in [5.41, 5.74) is 1.06. The van der Waals surface area contributed by atoms with Crippen molar-refractivity contribution >= 4 is 6.09 Å². The zero-order valence-corrected chi connectivity index (χ0v) is 12.5. The SMILES string of the molecule is COc1ccc(C)c(OCCC2CN(C(=O)O)CCN2)c1. The average molecular weight is 294 g/mol. The van der Waals surface area contributed by atoms with Crippen LogP contribution >= 0.6 is 0 Å². The molecule has 1 aromatic carbocycles. The van der Waals surface area contributed by atoms with Crippen molar-refractivity contribution in [2.45, 2.75) is 19.4 Å². The molecule has 1 fully saturated rings. The fourth-order valence-corrected chi connectivity index (χ4v) is 2.37. The molecule has 21 heavy (non-hydrogen) atoms. The summed E-state index contributed by atoms with van der Waals surface area (Å²) in [6, 6.07) is 5.86.